The Balaban J connectivity index is 1.37. The van der Waals surface area contributed by atoms with E-state index in [2.05, 4.69) is 167 Å². The van der Waals surface area contributed by atoms with Gasteiger partial charge in [0, 0.05) is 43.7 Å². The van der Waals surface area contributed by atoms with Crippen LogP contribution in [-0.4, -0.2) is 9.13 Å². The van der Waals surface area contributed by atoms with Gasteiger partial charge in [0.05, 0.1) is 22.1 Å². The minimum Gasteiger partial charge on any atom is -0.456 e. The predicted octanol–water partition coefficient (Wildman–Crippen LogP) is 11.4. The summed E-state index contributed by atoms with van der Waals surface area (Å²) in [5.74, 6) is 0. The van der Waals surface area contributed by atoms with Crippen LogP contribution in [0.15, 0.2) is 162 Å². The number of nitrogens with zero attached hydrogens (tertiary/aromatic N) is 2. The Bertz CT molecular complexity index is 2740. The molecule has 0 fully saturated rings. The van der Waals surface area contributed by atoms with Gasteiger partial charge in [-0.3, -0.25) is 0 Å². The van der Waals surface area contributed by atoms with Crippen molar-refractivity contribution >= 4 is 65.6 Å². The van der Waals surface area contributed by atoms with E-state index < -0.39 is 0 Å². The van der Waals surface area contributed by atoms with E-state index >= 15 is 0 Å². The van der Waals surface area contributed by atoms with Crippen molar-refractivity contribution in [1.29, 1.82) is 0 Å². The van der Waals surface area contributed by atoms with Crippen molar-refractivity contribution in [3.8, 4) is 22.5 Å². The summed E-state index contributed by atoms with van der Waals surface area (Å²) in [6, 6.07) is 56.4. The molecule has 0 amide bonds. The van der Waals surface area contributed by atoms with Crippen LogP contribution in [0.4, 0.5) is 0 Å². The Morgan fingerprint density at radius 3 is 1.67 bits per heavy atom. The van der Waals surface area contributed by atoms with Crippen LogP contribution in [0.25, 0.3) is 88.1 Å². The third-order valence-corrected chi connectivity index (χ3v) is 9.30. The number of benzene rings is 7. The van der Waals surface area contributed by atoms with E-state index in [0.29, 0.717) is 0 Å². The number of aromatic nitrogens is 2. The third-order valence-electron chi connectivity index (χ3n) is 9.30. The second kappa shape index (κ2) is 9.22. The fourth-order valence-electron chi connectivity index (χ4n) is 7.43. The molecule has 3 aromatic heterocycles. The van der Waals surface area contributed by atoms with E-state index in [1.165, 1.54) is 54.7 Å². The van der Waals surface area contributed by atoms with Crippen molar-refractivity contribution in [1.82, 2.24) is 9.13 Å². The highest BCUT2D eigenvalue weighted by atomic mass is 16.3. The van der Waals surface area contributed by atoms with Gasteiger partial charge in [-0.1, -0.05) is 109 Å². The fourth-order valence-corrected chi connectivity index (χ4v) is 7.43. The van der Waals surface area contributed by atoms with Gasteiger partial charge in [0.15, 0.2) is 0 Å². The largest absolute Gasteiger partial charge is 0.456 e. The number of para-hydroxylation sites is 3. The zero-order chi connectivity index (χ0) is 29.5. The zero-order valence-corrected chi connectivity index (χ0v) is 24.3. The molecule has 0 N–H and O–H groups in total. The smallest absolute Gasteiger partial charge is 0.136 e. The van der Waals surface area contributed by atoms with Crippen LogP contribution in [0.2, 0.25) is 0 Å². The molecule has 0 aliphatic heterocycles. The average Bonchev–Trinajstić information content (AvgIpc) is 3.76. The van der Waals surface area contributed by atoms with Gasteiger partial charge < -0.3 is 13.6 Å². The van der Waals surface area contributed by atoms with Crippen LogP contribution in [0, 0.1) is 0 Å². The standard InChI is InChI=1S/C42H26N2O/c1-3-12-27(13-4-1)30-18-11-21-39-40(30)35-26-29(22-25-38(35)45-39)44-37-20-10-8-17-32(37)34-24-23-33-31-16-7-9-19-36(31)43(41(33)42(34)44)28-14-5-2-6-15-28/h1-26H. The number of hydrogen-bond donors (Lipinski definition) is 0. The van der Waals surface area contributed by atoms with E-state index in [4.69, 9.17) is 4.42 Å². The lowest BCUT2D eigenvalue weighted by atomic mass is 9.99. The van der Waals surface area contributed by atoms with E-state index in [9.17, 15) is 0 Å². The zero-order valence-electron chi connectivity index (χ0n) is 24.3. The van der Waals surface area contributed by atoms with Gasteiger partial charge in [0.2, 0.25) is 0 Å². The van der Waals surface area contributed by atoms with Crippen molar-refractivity contribution in [3.05, 3.63) is 158 Å². The molecule has 0 bridgehead atoms. The molecule has 45 heavy (non-hydrogen) atoms. The van der Waals surface area contributed by atoms with E-state index in [1.807, 2.05) is 0 Å². The second-order valence-corrected chi connectivity index (χ2v) is 11.7. The van der Waals surface area contributed by atoms with Gasteiger partial charge in [-0.15, -0.1) is 0 Å². The highest BCUT2D eigenvalue weighted by molar-refractivity contribution is 6.24. The maximum absolute atomic E-state index is 6.44. The highest BCUT2D eigenvalue weighted by Crippen LogP contribution is 2.43. The molecule has 0 aliphatic carbocycles. The second-order valence-electron chi connectivity index (χ2n) is 11.7. The molecule has 7 aromatic carbocycles. The molecule has 0 atom stereocenters. The molecule has 0 spiro atoms. The molecule has 3 heterocycles. The van der Waals surface area contributed by atoms with Crippen LogP contribution >= 0.6 is 0 Å². The quantitative estimate of drug-likeness (QED) is 0.206. The molecule has 0 aliphatic rings. The minimum atomic E-state index is 0.890. The lowest BCUT2D eigenvalue weighted by Gasteiger charge is -2.12. The highest BCUT2D eigenvalue weighted by Gasteiger charge is 2.22. The molecule has 0 saturated heterocycles. The van der Waals surface area contributed by atoms with E-state index in [0.717, 1.165) is 33.3 Å². The van der Waals surface area contributed by atoms with Gasteiger partial charge in [0.1, 0.15) is 11.2 Å². The molecule has 10 aromatic rings. The van der Waals surface area contributed by atoms with Crippen molar-refractivity contribution in [2.45, 2.75) is 0 Å². The van der Waals surface area contributed by atoms with Gasteiger partial charge in [-0.25, -0.2) is 0 Å². The number of furan rings is 1. The Morgan fingerprint density at radius 2 is 0.978 bits per heavy atom. The summed E-state index contributed by atoms with van der Waals surface area (Å²) in [7, 11) is 0. The topological polar surface area (TPSA) is 23.0 Å². The van der Waals surface area contributed by atoms with Gasteiger partial charge in [0.25, 0.3) is 0 Å². The normalized spacial score (nSPS) is 12.0. The van der Waals surface area contributed by atoms with Gasteiger partial charge in [-0.05, 0) is 59.7 Å². The third kappa shape index (κ3) is 3.41. The van der Waals surface area contributed by atoms with Gasteiger partial charge >= 0.3 is 0 Å². The van der Waals surface area contributed by atoms with Crippen molar-refractivity contribution in [3.63, 3.8) is 0 Å². The van der Waals surface area contributed by atoms with Crippen LogP contribution in [-0.2, 0) is 0 Å². The summed E-state index contributed by atoms with van der Waals surface area (Å²) in [5, 5.41) is 7.22. The van der Waals surface area contributed by atoms with Crippen molar-refractivity contribution < 1.29 is 4.42 Å². The molecular weight excluding hydrogens is 548 g/mol. The van der Waals surface area contributed by atoms with Crippen molar-refractivity contribution in [2.24, 2.45) is 0 Å². The first-order valence-corrected chi connectivity index (χ1v) is 15.4. The predicted molar refractivity (Wildman–Crippen MR) is 188 cm³/mol. The number of hydrogen-bond acceptors (Lipinski definition) is 1. The van der Waals surface area contributed by atoms with Crippen molar-refractivity contribution in [2.75, 3.05) is 0 Å². The monoisotopic (exact) mass is 574 g/mol. The summed E-state index contributed by atoms with van der Waals surface area (Å²) < 4.78 is 11.3. The Kier molecular flexibility index (Phi) is 5.00. The average molecular weight is 575 g/mol. The van der Waals surface area contributed by atoms with E-state index in [-0.39, 0.29) is 0 Å². The first-order valence-electron chi connectivity index (χ1n) is 15.4. The lowest BCUT2D eigenvalue weighted by molar-refractivity contribution is 0.669. The number of rotatable bonds is 3. The van der Waals surface area contributed by atoms with Crippen LogP contribution in [0.3, 0.4) is 0 Å². The van der Waals surface area contributed by atoms with Gasteiger partial charge in [-0.2, -0.15) is 0 Å². The van der Waals surface area contributed by atoms with Crippen LogP contribution < -0.4 is 0 Å². The lowest BCUT2D eigenvalue weighted by Crippen LogP contribution is -1.98. The molecule has 0 radical (unpaired) electrons. The summed E-state index contributed by atoms with van der Waals surface area (Å²) in [6.07, 6.45) is 0. The Hall–Kier alpha value is -6.06. The molecule has 210 valence electrons. The molecule has 3 nitrogen and oxygen atoms in total. The maximum Gasteiger partial charge on any atom is 0.136 e. The summed E-state index contributed by atoms with van der Waals surface area (Å²) in [6.45, 7) is 0. The summed E-state index contributed by atoms with van der Waals surface area (Å²) in [4.78, 5) is 0. The summed E-state index contributed by atoms with van der Waals surface area (Å²) >= 11 is 0. The summed E-state index contributed by atoms with van der Waals surface area (Å²) in [5.41, 5.74) is 11.2. The molecule has 0 saturated carbocycles. The SMILES string of the molecule is c1ccc(-c2cccc3oc4ccc(-n5c6ccccc6c6ccc7c8ccccc8n(-c8ccccc8)c7c65)cc4c23)cc1. The molecule has 10 rings (SSSR count). The Labute approximate surface area is 258 Å². The fraction of sp³-hybridized carbons (Fsp3) is 0. The molecular formula is C42H26N2O. The first kappa shape index (κ1) is 24.4. The number of fused-ring (bicyclic) bond motifs is 10. The molecule has 3 heteroatoms. The Morgan fingerprint density at radius 1 is 0.378 bits per heavy atom. The van der Waals surface area contributed by atoms with E-state index in [1.54, 1.807) is 0 Å². The maximum atomic E-state index is 6.44. The first-order chi connectivity index (χ1) is 22.3. The van der Waals surface area contributed by atoms with Crippen LogP contribution in [0.1, 0.15) is 0 Å². The molecule has 0 unspecified atom stereocenters. The van der Waals surface area contributed by atoms with Crippen LogP contribution in [0.5, 0.6) is 0 Å². The minimum absolute atomic E-state index is 0.890.